The minimum atomic E-state index is 0.857. The van der Waals surface area contributed by atoms with Crippen LogP contribution >= 0.6 is 0 Å². The molecule has 0 spiro atoms. The summed E-state index contributed by atoms with van der Waals surface area (Å²) in [5.41, 5.74) is 3.52. The third-order valence-electron chi connectivity index (χ3n) is 4.75. The molecule has 4 aromatic heterocycles. The predicted octanol–water partition coefficient (Wildman–Crippen LogP) is 3.68. The van der Waals surface area contributed by atoms with Crippen molar-refractivity contribution in [3.63, 3.8) is 0 Å². The summed E-state index contributed by atoms with van der Waals surface area (Å²) in [6.07, 6.45) is 7.73. The summed E-state index contributed by atoms with van der Waals surface area (Å²) in [6.45, 7) is 0. The van der Waals surface area contributed by atoms with Gasteiger partial charge in [-0.05, 0) is 48.6 Å². The summed E-state index contributed by atoms with van der Waals surface area (Å²) < 4.78 is 0. The van der Waals surface area contributed by atoms with Crippen LogP contribution in [0.25, 0.3) is 34.3 Å². The van der Waals surface area contributed by atoms with Gasteiger partial charge < -0.3 is 4.98 Å². The molecule has 4 heterocycles. The normalized spacial score (nSPS) is 12.6. The molecular weight excluding hydrogens is 356 g/mol. The zero-order chi connectivity index (χ0) is 19.5. The van der Waals surface area contributed by atoms with Crippen LogP contribution in [0.3, 0.4) is 0 Å². The van der Waals surface area contributed by atoms with Crippen LogP contribution in [0.1, 0.15) is 11.4 Å². The topological polar surface area (TPSA) is 54.5 Å². The standard InChI is InChI=1S/C25H18N4/c1-2-11-21-20(10-1)24(16-18-8-3-5-14-26-18)29-25(21)17-19-9-7-13-23(28-19)22-12-4-6-15-27-22/h1-17,29H. The highest BCUT2D eigenvalue weighted by molar-refractivity contribution is 5.85. The lowest BCUT2D eigenvalue weighted by atomic mass is 10.1. The lowest BCUT2D eigenvalue weighted by Crippen LogP contribution is -2.10. The molecule has 29 heavy (non-hydrogen) atoms. The summed E-state index contributed by atoms with van der Waals surface area (Å²) in [6, 6.07) is 26.1. The van der Waals surface area contributed by atoms with Gasteiger partial charge in [-0.3, -0.25) is 9.97 Å². The minimum Gasteiger partial charge on any atom is -0.354 e. The first-order chi connectivity index (χ1) is 14.4. The molecule has 0 saturated carbocycles. The van der Waals surface area contributed by atoms with Crippen LogP contribution in [0.15, 0.2) is 91.3 Å². The van der Waals surface area contributed by atoms with Gasteiger partial charge in [0.1, 0.15) is 0 Å². The molecular formula is C25H18N4. The van der Waals surface area contributed by atoms with E-state index in [9.17, 15) is 0 Å². The van der Waals surface area contributed by atoms with Crippen molar-refractivity contribution in [1.82, 2.24) is 19.9 Å². The number of aromatic nitrogens is 4. The van der Waals surface area contributed by atoms with E-state index in [1.54, 1.807) is 12.4 Å². The smallest absolute Gasteiger partial charge is 0.0893 e. The average Bonchev–Trinajstić information content (AvgIpc) is 3.12. The fourth-order valence-electron chi connectivity index (χ4n) is 3.41. The summed E-state index contributed by atoms with van der Waals surface area (Å²) in [7, 11) is 0. The zero-order valence-corrected chi connectivity index (χ0v) is 15.7. The van der Waals surface area contributed by atoms with Gasteiger partial charge in [0.15, 0.2) is 0 Å². The lowest BCUT2D eigenvalue weighted by molar-refractivity contribution is 1.22. The van der Waals surface area contributed by atoms with Crippen molar-refractivity contribution in [2.24, 2.45) is 0 Å². The number of rotatable bonds is 3. The van der Waals surface area contributed by atoms with Crippen molar-refractivity contribution in [2.45, 2.75) is 0 Å². The zero-order valence-electron chi connectivity index (χ0n) is 15.7. The van der Waals surface area contributed by atoms with E-state index in [4.69, 9.17) is 4.98 Å². The molecule has 4 nitrogen and oxygen atoms in total. The third kappa shape index (κ3) is 3.56. The minimum absolute atomic E-state index is 0.857. The fourth-order valence-corrected chi connectivity index (χ4v) is 3.41. The highest BCUT2D eigenvalue weighted by Crippen LogP contribution is 2.14. The van der Waals surface area contributed by atoms with E-state index in [0.717, 1.165) is 44.2 Å². The van der Waals surface area contributed by atoms with E-state index < -0.39 is 0 Å². The molecule has 4 heteroatoms. The molecule has 0 aliphatic rings. The summed E-state index contributed by atoms with van der Waals surface area (Å²) in [4.78, 5) is 17.1. The van der Waals surface area contributed by atoms with E-state index in [0.29, 0.717) is 0 Å². The Morgan fingerprint density at radius 2 is 1.17 bits per heavy atom. The molecule has 1 aromatic carbocycles. The van der Waals surface area contributed by atoms with Gasteiger partial charge in [-0.25, -0.2) is 4.98 Å². The van der Waals surface area contributed by atoms with Crippen LogP contribution in [-0.2, 0) is 0 Å². The molecule has 0 aliphatic carbocycles. The average molecular weight is 374 g/mol. The lowest BCUT2D eigenvalue weighted by Gasteiger charge is -2.00. The second kappa shape index (κ2) is 7.52. The predicted molar refractivity (Wildman–Crippen MR) is 116 cm³/mol. The van der Waals surface area contributed by atoms with E-state index in [1.807, 2.05) is 54.6 Å². The van der Waals surface area contributed by atoms with Crippen LogP contribution in [0.4, 0.5) is 0 Å². The molecule has 0 unspecified atom stereocenters. The second-order valence-corrected chi connectivity index (χ2v) is 6.70. The molecule has 0 atom stereocenters. The number of aromatic amines is 1. The highest BCUT2D eigenvalue weighted by atomic mass is 14.8. The van der Waals surface area contributed by atoms with Gasteiger partial charge in [0.25, 0.3) is 0 Å². The summed E-state index contributed by atoms with van der Waals surface area (Å²) in [5, 5.41) is 4.37. The Labute approximate surface area is 168 Å². The first kappa shape index (κ1) is 17.1. The number of hydrogen-bond acceptors (Lipinski definition) is 3. The molecule has 1 N–H and O–H groups in total. The van der Waals surface area contributed by atoms with Crippen molar-refractivity contribution in [2.75, 3.05) is 0 Å². The first-order valence-corrected chi connectivity index (χ1v) is 9.46. The Morgan fingerprint density at radius 3 is 1.86 bits per heavy atom. The molecule has 0 aliphatic heterocycles. The van der Waals surface area contributed by atoms with Crippen molar-refractivity contribution >= 4 is 22.9 Å². The number of H-pyrrole nitrogens is 1. The molecule has 0 fully saturated rings. The monoisotopic (exact) mass is 374 g/mol. The Balaban J connectivity index is 1.67. The van der Waals surface area contributed by atoms with Gasteiger partial charge in [-0.15, -0.1) is 0 Å². The maximum atomic E-state index is 4.78. The summed E-state index contributed by atoms with van der Waals surface area (Å²) in [5.74, 6) is 0. The van der Waals surface area contributed by atoms with Gasteiger partial charge in [-0.1, -0.05) is 42.5 Å². The van der Waals surface area contributed by atoms with Gasteiger partial charge >= 0.3 is 0 Å². The van der Waals surface area contributed by atoms with Crippen LogP contribution < -0.4 is 10.7 Å². The SMILES string of the molecule is C(c1ccccn1)=c1[nH]c(=Cc2cccc(-c3ccccn3)n2)c2ccccc12. The van der Waals surface area contributed by atoms with Gasteiger partial charge in [0.2, 0.25) is 0 Å². The molecule has 138 valence electrons. The van der Waals surface area contributed by atoms with Crippen LogP contribution in [-0.4, -0.2) is 19.9 Å². The van der Waals surface area contributed by atoms with Gasteiger partial charge in [0.05, 0.1) is 22.8 Å². The second-order valence-electron chi connectivity index (χ2n) is 6.70. The van der Waals surface area contributed by atoms with Crippen molar-refractivity contribution in [3.8, 4) is 11.4 Å². The van der Waals surface area contributed by atoms with E-state index in [2.05, 4.69) is 51.4 Å². The van der Waals surface area contributed by atoms with E-state index in [1.165, 1.54) is 0 Å². The molecule has 0 bridgehead atoms. The van der Waals surface area contributed by atoms with Gasteiger partial charge in [-0.2, -0.15) is 0 Å². The van der Waals surface area contributed by atoms with Crippen LogP contribution in [0.2, 0.25) is 0 Å². The summed E-state index contributed by atoms with van der Waals surface area (Å²) >= 11 is 0. The molecule has 5 aromatic rings. The number of hydrogen-bond donors (Lipinski definition) is 1. The maximum absolute atomic E-state index is 4.78. The largest absolute Gasteiger partial charge is 0.354 e. The van der Waals surface area contributed by atoms with E-state index in [-0.39, 0.29) is 0 Å². The Kier molecular flexibility index (Phi) is 4.43. The Morgan fingerprint density at radius 1 is 0.552 bits per heavy atom. The third-order valence-corrected chi connectivity index (χ3v) is 4.75. The fraction of sp³-hybridized carbons (Fsp3) is 0. The van der Waals surface area contributed by atoms with Crippen LogP contribution in [0, 0.1) is 0 Å². The number of fused-ring (bicyclic) bond motifs is 1. The number of pyridine rings is 3. The molecule has 0 radical (unpaired) electrons. The molecule has 0 saturated heterocycles. The maximum Gasteiger partial charge on any atom is 0.0893 e. The number of benzene rings is 1. The van der Waals surface area contributed by atoms with Crippen molar-refractivity contribution in [1.29, 1.82) is 0 Å². The molecule has 0 amide bonds. The number of nitrogens with one attached hydrogen (secondary N) is 1. The van der Waals surface area contributed by atoms with Gasteiger partial charge in [0, 0.05) is 33.9 Å². The van der Waals surface area contributed by atoms with Crippen molar-refractivity contribution in [3.05, 3.63) is 113 Å². The number of nitrogens with zero attached hydrogens (tertiary/aromatic N) is 3. The van der Waals surface area contributed by atoms with Crippen LogP contribution in [0.5, 0.6) is 0 Å². The Bertz CT molecular complexity index is 1390. The van der Waals surface area contributed by atoms with E-state index >= 15 is 0 Å². The quantitative estimate of drug-likeness (QED) is 0.524. The first-order valence-electron chi connectivity index (χ1n) is 9.46. The highest BCUT2D eigenvalue weighted by Gasteiger charge is 2.03. The van der Waals surface area contributed by atoms with Crippen molar-refractivity contribution < 1.29 is 0 Å². The Hall–Kier alpha value is -4.05. The molecule has 5 rings (SSSR count).